The van der Waals surface area contributed by atoms with E-state index < -0.39 is 0 Å². The van der Waals surface area contributed by atoms with Crippen LogP contribution in [0.2, 0.25) is 0 Å². The van der Waals surface area contributed by atoms with Gasteiger partial charge >= 0.3 is 0 Å². The number of nitrogens with zero attached hydrogens (tertiary/aromatic N) is 1. The van der Waals surface area contributed by atoms with Gasteiger partial charge in [-0.05, 0) is 31.6 Å². The summed E-state index contributed by atoms with van der Waals surface area (Å²) in [4.78, 5) is 26.3. The molecule has 1 saturated heterocycles. The van der Waals surface area contributed by atoms with Crippen molar-refractivity contribution in [2.75, 3.05) is 18.2 Å². The summed E-state index contributed by atoms with van der Waals surface area (Å²) < 4.78 is 0. The highest BCUT2D eigenvalue weighted by Gasteiger charge is 2.39. The molecule has 5 heteroatoms. The molecule has 0 aromatic heterocycles. The van der Waals surface area contributed by atoms with Crippen LogP contribution in [0.1, 0.15) is 38.5 Å². The third-order valence-electron chi connectivity index (χ3n) is 4.71. The summed E-state index contributed by atoms with van der Waals surface area (Å²) in [7, 11) is 0. The van der Waals surface area contributed by atoms with Crippen molar-refractivity contribution in [1.29, 1.82) is 0 Å². The van der Waals surface area contributed by atoms with E-state index >= 15 is 0 Å². The topological polar surface area (TPSA) is 49.4 Å². The fourth-order valence-electron chi connectivity index (χ4n) is 2.83. The van der Waals surface area contributed by atoms with E-state index in [1.807, 2.05) is 4.90 Å². The molecule has 1 atom stereocenters. The van der Waals surface area contributed by atoms with Crippen LogP contribution in [0, 0.1) is 11.8 Å². The normalized spacial score (nSPS) is 27.8. The first-order valence-corrected chi connectivity index (χ1v) is 8.57. The van der Waals surface area contributed by atoms with Crippen LogP contribution in [0.5, 0.6) is 0 Å². The second kappa shape index (κ2) is 5.73. The van der Waals surface area contributed by atoms with Crippen LogP contribution in [0.15, 0.2) is 0 Å². The van der Waals surface area contributed by atoms with Crippen molar-refractivity contribution in [2.45, 2.75) is 44.6 Å². The van der Waals surface area contributed by atoms with Crippen LogP contribution in [-0.4, -0.2) is 40.9 Å². The molecule has 3 rings (SSSR count). The Morgan fingerprint density at radius 2 is 1.89 bits per heavy atom. The lowest BCUT2D eigenvalue weighted by Crippen LogP contribution is -2.50. The summed E-state index contributed by atoms with van der Waals surface area (Å²) in [6.07, 6.45) is 6.96. The maximum Gasteiger partial charge on any atom is 0.243 e. The summed E-state index contributed by atoms with van der Waals surface area (Å²) in [5.74, 6) is 2.59. The molecule has 0 aromatic rings. The fourth-order valence-corrected chi connectivity index (χ4v) is 3.99. The van der Waals surface area contributed by atoms with E-state index in [4.69, 9.17) is 0 Å². The van der Waals surface area contributed by atoms with E-state index in [1.165, 1.54) is 19.3 Å². The van der Waals surface area contributed by atoms with Gasteiger partial charge in [-0.3, -0.25) is 9.59 Å². The van der Waals surface area contributed by atoms with Crippen LogP contribution < -0.4 is 5.32 Å². The number of nitrogens with one attached hydrogen (secondary N) is 1. The van der Waals surface area contributed by atoms with E-state index in [1.54, 1.807) is 11.8 Å². The van der Waals surface area contributed by atoms with Crippen LogP contribution in [0.4, 0.5) is 0 Å². The number of carbonyl (C=O) groups excluding carboxylic acids is 2. The first-order valence-electron chi connectivity index (χ1n) is 7.41. The number of hydrogen-bond donors (Lipinski definition) is 1. The SMILES string of the molecule is O=C(NCC1CCC1)[C@H]1CSCN1C(=O)C1CCC1. The number of hydrogen-bond acceptors (Lipinski definition) is 3. The minimum absolute atomic E-state index is 0.0598. The maximum absolute atomic E-state index is 12.3. The summed E-state index contributed by atoms with van der Waals surface area (Å²) in [6, 6.07) is -0.224. The van der Waals surface area contributed by atoms with Gasteiger partial charge in [-0.15, -0.1) is 11.8 Å². The van der Waals surface area contributed by atoms with Crippen LogP contribution in [0.3, 0.4) is 0 Å². The van der Waals surface area contributed by atoms with Crippen LogP contribution in [0.25, 0.3) is 0 Å². The average Bonchev–Trinajstić information content (AvgIpc) is 2.72. The lowest BCUT2D eigenvalue weighted by molar-refractivity contribution is -0.143. The Balaban J connectivity index is 1.52. The number of rotatable bonds is 4. The lowest BCUT2D eigenvalue weighted by atomic mass is 9.84. The van der Waals surface area contributed by atoms with E-state index in [2.05, 4.69) is 5.32 Å². The summed E-state index contributed by atoms with van der Waals surface area (Å²) in [5.41, 5.74) is 0. The zero-order chi connectivity index (χ0) is 13.2. The Morgan fingerprint density at radius 1 is 1.16 bits per heavy atom. The summed E-state index contributed by atoms with van der Waals surface area (Å²) in [6.45, 7) is 0.797. The second-order valence-corrected chi connectivity index (χ2v) is 6.99. The van der Waals surface area contributed by atoms with Gasteiger partial charge in [-0.2, -0.15) is 0 Å². The third kappa shape index (κ3) is 2.76. The van der Waals surface area contributed by atoms with Crippen molar-refractivity contribution in [3.05, 3.63) is 0 Å². The Labute approximate surface area is 118 Å². The molecule has 106 valence electrons. The van der Waals surface area contributed by atoms with Gasteiger partial charge in [0.2, 0.25) is 11.8 Å². The highest BCUT2D eigenvalue weighted by atomic mass is 32.2. The molecule has 3 fully saturated rings. The minimum Gasteiger partial charge on any atom is -0.354 e. The first kappa shape index (κ1) is 13.3. The minimum atomic E-state index is -0.224. The van der Waals surface area contributed by atoms with E-state index in [9.17, 15) is 9.59 Å². The van der Waals surface area contributed by atoms with Crippen molar-refractivity contribution in [2.24, 2.45) is 11.8 Å². The predicted molar refractivity (Wildman–Crippen MR) is 75.7 cm³/mol. The molecular weight excluding hydrogens is 260 g/mol. The van der Waals surface area contributed by atoms with E-state index in [0.717, 1.165) is 31.6 Å². The molecule has 19 heavy (non-hydrogen) atoms. The zero-order valence-corrected chi connectivity index (χ0v) is 12.1. The summed E-state index contributed by atoms with van der Waals surface area (Å²) >= 11 is 1.70. The van der Waals surface area contributed by atoms with Gasteiger partial charge < -0.3 is 10.2 Å². The van der Waals surface area contributed by atoms with Crippen LogP contribution >= 0.6 is 11.8 Å². The molecule has 0 bridgehead atoms. The molecule has 4 nitrogen and oxygen atoms in total. The first-order chi connectivity index (χ1) is 9.25. The molecule has 0 unspecified atom stereocenters. The van der Waals surface area contributed by atoms with Gasteiger partial charge in [0.15, 0.2) is 0 Å². The standard InChI is InChI=1S/C14H22N2O2S/c17-13(15-7-10-3-1-4-10)12-8-19-9-16(12)14(18)11-5-2-6-11/h10-12H,1-9H2,(H,15,17)/t12-/m1/s1. The van der Waals surface area contributed by atoms with Crippen molar-refractivity contribution in [1.82, 2.24) is 10.2 Å². The van der Waals surface area contributed by atoms with Gasteiger partial charge in [0.25, 0.3) is 0 Å². The van der Waals surface area contributed by atoms with Gasteiger partial charge in [0.1, 0.15) is 6.04 Å². The van der Waals surface area contributed by atoms with Crippen molar-refractivity contribution in [3.8, 4) is 0 Å². The van der Waals surface area contributed by atoms with Crippen molar-refractivity contribution >= 4 is 23.6 Å². The largest absolute Gasteiger partial charge is 0.354 e. The maximum atomic E-state index is 12.3. The molecular formula is C14H22N2O2S. The van der Waals surface area contributed by atoms with Gasteiger partial charge in [-0.25, -0.2) is 0 Å². The number of amides is 2. The van der Waals surface area contributed by atoms with Crippen molar-refractivity contribution < 1.29 is 9.59 Å². The number of carbonyl (C=O) groups is 2. The van der Waals surface area contributed by atoms with E-state index in [-0.39, 0.29) is 23.8 Å². The van der Waals surface area contributed by atoms with Crippen LogP contribution in [-0.2, 0) is 9.59 Å². The molecule has 0 aromatic carbocycles. The smallest absolute Gasteiger partial charge is 0.243 e. The Morgan fingerprint density at radius 3 is 2.47 bits per heavy atom. The van der Waals surface area contributed by atoms with E-state index in [0.29, 0.717) is 11.8 Å². The third-order valence-corrected chi connectivity index (χ3v) is 5.72. The number of thioether (sulfide) groups is 1. The quantitative estimate of drug-likeness (QED) is 0.852. The fraction of sp³-hybridized carbons (Fsp3) is 0.857. The molecule has 1 N–H and O–H groups in total. The highest BCUT2D eigenvalue weighted by Crippen LogP contribution is 2.32. The second-order valence-electron chi connectivity index (χ2n) is 5.99. The van der Waals surface area contributed by atoms with Gasteiger partial charge in [0, 0.05) is 18.2 Å². The molecule has 1 heterocycles. The van der Waals surface area contributed by atoms with Crippen molar-refractivity contribution in [3.63, 3.8) is 0 Å². The lowest BCUT2D eigenvalue weighted by Gasteiger charge is -2.32. The monoisotopic (exact) mass is 282 g/mol. The van der Waals surface area contributed by atoms with Gasteiger partial charge in [0.05, 0.1) is 5.88 Å². The average molecular weight is 282 g/mol. The molecule has 2 amide bonds. The Kier molecular flexibility index (Phi) is 4.01. The predicted octanol–water partition coefficient (Wildman–Crippen LogP) is 1.60. The molecule has 3 aliphatic rings. The zero-order valence-electron chi connectivity index (χ0n) is 11.3. The molecule has 2 saturated carbocycles. The van der Waals surface area contributed by atoms with Gasteiger partial charge in [-0.1, -0.05) is 12.8 Å². The Hall–Kier alpha value is -0.710. The molecule has 0 spiro atoms. The summed E-state index contributed by atoms with van der Waals surface area (Å²) in [5, 5.41) is 3.04. The molecule has 1 aliphatic heterocycles. The Bertz CT molecular complexity index is 366. The highest BCUT2D eigenvalue weighted by molar-refractivity contribution is 7.99. The molecule has 0 radical (unpaired) electrons. The molecule has 2 aliphatic carbocycles.